The van der Waals surface area contributed by atoms with Crippen LogP contribution in [-0.2, 0) is 0 Å². The highest BCUT2D eigenvalue weighted by molar-refractivity contribution is 5.95. The Morgan fingerprint density at radius 1 is 1.03 bits per heavy atom. The van der Waals surface area contributed by atoms with Gasteiger partial charge in [-0.15, -0.1) is 0 Å². The zero-order valence-electron chi connectivity index (χ0n) is 18.0. The molecule has 1 saturated heterocycles. The maximum Gasteiger partial charge on any atom is 0.254 e. The molecule has 1 aliphatic rings. The van der Waals surface area contributed by atoms with Crippen LogP contribution in [0.3, 0.4) is 0 Å². The van der Waals surface area contributed by atoms with Crippen LogP contribution >= 0.6 is 0 Å². The number of hydrogen-bond donors (Lipinski definition) is 1. The van der Waals surface area contributed by atoms with Gasteiger partial charge in [0.1, 0.15) is 0 Å². The molecule has 0 spiro atoms. The third-order valence-corrected chi connectivity index (χ3v) is 5.87. The molecule has 31 heavy (non-hydrogen) atoms. The fourth-order valence-corrected chi connectivity index (χ4v) is 4.15. The van der Waals surface area contributed by atoms with Crippen molar-refractivity contribution in [3.8, 4) is 11.4 Å². The molecule has 1 atom stereocenters. The number of benzene rings is 1. The van der Waals surface area contributed by atoms with Crippen LogP contribution in [0.5, 0.6) is 0 Å². The summed E-state index contributed by atoms with van der Waals surface area (Å²) >= 11 is 0. The predicted molar refractivity (Wildman–Crippen MR) is 122 cm³/mol. The second-order valence-corrected chi connectivity index (χ2v) is 8.02. The Balaban J connectivity index is 1.48. The number of carbonyl (C=O) groups excluding carboxylic acids is 1. The second-order valence-electron chi connectivity index (χ2n) is 8.02. The van der Waals surface area contributed by atoms with E-state index in [4.69, 9.17) is 0 Å². The van der Waals surface area contributed by atoms with E-state index in [1.54, 1.807) is 18.6 Å². The number of rotatable bonds is 6. The van der Waals surface area contributed by atoms with Gasteiger partial charge in [0.05, 0.1) is 17.3 Å². The van der Waals surface area contributed by atoms with Gasteiger partial charge >= 0.3 is 0 Å². The summed E-state index contributed by atoms with van der Waals surface area (Å²) in [6, 6.07) is 14.4. The van der Waals surface area contributed by atoms with Gasteiger partial charge in [-0.25, -0.2) is 9.97 Å². The molecular weight excluding hydrogens is 386 g/mol. The van der Waals surface area contributed by atoms with Crippen LogP contribution in [0.1, 0.15) is 53.3 Å². The Morgan fingerprint density at radius 2 is 1.81 bits per heavy atom. The highest BCUT2D eigenvalue weighted by atomic mass is 16.1. The Morgan fingerprint density at radius 3 is 2.48 bits per heavy atom. The van der Waals surface area contributed by atoms with E-state index in [0.717, 1.165) is 18.7 Å². The van der Waals surface area contributed by atoms with Gasteiger partial charge in [-0.05, 0) is 50.6 Å². The van der Waals surface area contributed by atoms with Crippen molar-refractivity contribution in [1.82, 2.24) is 25.2 Å². The summed E-state index contributed by atoms with van der Waals surface area (Å²) in [6.07, 6.45) is 10.0. The normalized spacial score (nSPS) is 15.8. The molecule has 0 radical (unpaired) electrons. The average molecular weight is 416 g/mol. The quantitative estimate of drug-likeness (QED) is 0.653. The van der Waals surface area contributed by atoms with E-state index in [9.17, 15) is 4.79 Å². The van der Waals surface area contributed by atoms with Crippen LogP contribution in [0.15, 0.2) is 61.1 Å². The molecular formula is C25H29N5O. The van der Waals surface area contributed by atoms with E-state index in [1.165, 1.54) is 31.2 Å². The first kappa shape index (κ1) is 21.1. The number of nitrogens with zero attached hydrogens (tertiary/aromatic N) is 4. The van der Waals surface area contributed by atoms with E-state index in [0.29, 0.717) is 23.6 Å². The maximum atomic E-state index is 13.0. The molecule has 6 heteroatoms. The zero-order chi connectivity index (χ0) is 21.5. The maximum absolute atomic E-state index is 13.0. The fraction of sp³-hybridized carbons (Fsp3) is 0.360. The van der Waals surface area contributed by atoms with E-state index < -0.39 is 0 Å². The lowest BCUT2D eigenvalue weighted by Crippen LogP contribution is -2.39. The Labute approximate surface area is 183 Å². The summed E-state index contributed by atoms with van der Waals surface area (Å²) < 4.78 is 0. The van der Waals surface area contributed by atoms with Crippen molar-refractivity contribution in [2.75, 3.05) is 19.6 Å². The SMILES string of the molecule is Cc1nc(-c2cccnc2)ncc1C(=O)NCC(c1ccccc1)N1CCCCCC1. The van der Waals surface area contributed by atoms with Gasteiger partial charge < -0.3 is 5.32 Å². The summed E-state index contributed by atoms with van der Waals surface area (Å²) in [6.45, 7) is 4.54. The third-order valence-electron chi connectivity index (χ3n) is 5.87. The molecule has 1 aliphatic heterocycles. The van der Waals surface area contributed by atoms with E-state index in [2.05, 4.69) is 49.4 Å². The third kappa shape index (κ3) is 5.33. The van der Waals surface area contributed by atoms with Gasteiger partial charge in [0, 0.05) is 30.7 Å². The average Bonchev–Trinajstić information content (AvgIpc) is 3.10. The summed E-state index contributed by atoms with van der Waals surface area (Å²) in [7, 11) is 0. The van der Waals surface area contributed by atoms with Crippen LogP contribution in [0.25, 0.3) is 11.4 Å². The molecule has 1 unspecified atom stereocenters. The van der Waals surface area contributed by atoms with Crippen LogP contribution in [0.4, 0.5) is 0 Å². The Hall–Kier alpha value is -3.12. The van der Waals surface area contributed by atoms with E-state index in [1.807, 2.05) is 25.1 Å². The van der Waals surface area contributed by atoms with Gasteiger partial charge in [0.25, 0.3) is 5.91 Å². The lowest BCUT2D eigenvalue weighted by molar-refractivity contribution is 0.0932. The number of amides is 1. The molecule has 0 saturated carbocycles. The lowest BCUT2D eigenvalue weighted by atomic mass is 10.0. The highest BCUT2D eigenvalue weighted by Crippen LogP contribution is 2.24. The van der Waals surface area contributed by atoms with Gasteiger partial charge in [0.2, 0.25) is 0 Å². The molecule has 6 nitrogen and oxygen atoms in total. The minimum absolute atomic E-state index is 0.133. The number of nitrogens with one attached hydrogen (secondary N) is 1. The second kappa shape index (κ2) is 10.3. The summed E-state index contributed by atoms with van der Waals surface area (Å²) in [5.74, 6) is 0.444. The fourth-order valence-electron chi connectivity index (χ4n) is 4.15. The molecule has 1 fully saturated rings. The number of pyridine rings is 1. The van der Waals surface area contributed by atoms with Crippen LogP contribution in [0, 0.1) is 6.92 Å². The summed E-state index contributed by atoms with van der Waals surface area (Å²) in [5, 5.41) is 3.14. The van der Waals surface area contributed by atoms with Crippen LogP contribution in [-0.4, -0.2) is 45.4 Å². The molecule has 1 aromatic carbocycles. The van der Waals surface area contributed by atoms with Gasteiger partial charge in [-0.2, -0.15) is 0 Å². The molecule has 2 aromatic heterocycles. The van der Waals surface area contributed by atoms with Crippen molar-refractivity contribution in [2.24, 2.45) is 0 Å². The molecule has 160 valence electrons. The molecule has 1 amide bonds. The van der Waals surface area contributed by atoms with Crippen LogP contribution in [0.2, 0.25) is 0 Å². The van der Waals surface area contributed by atoms with Gasteiger partial charge in [-0.3, -0.25) is 14.7 Å². The number of hydrogen-bond acceptors (Lipinski definition) is 5. The Bertz CT molecular complexity index is 985. The van der Waals surface area contributed by atoms with Crippen molar-refractivity contribution < 1.29 is 4.79 Å². The molecule has 1 N–H and O–H groups in total. The van der Waals surface area contributed by atoms with Crippen molar-refractivity contribution in [3.05, 3.63) is 77.9 Å². The number of aryl methyl sites for hydroxylation is 1. The minimum atomic E-state index is -0.133. The van der Waals surface area contributed by atoms with Crippen molar-refractivity contribution in [2.45, 2.75) is 38.6 Å². The molecule has 4 rings (SSSR count). The topological polar surface area (TPSA) is 71.0 Å². The molecule has 3 heterocycles. The smallest absolute Gasteiger partial charge is 0.254 e. The molecule has 0 bridgehead atoms. The summed E-state index contributed by atoms with van der Waals surface area (Å²) in [5.41, 5.74) is 3.25. The largest absolute Gasteiger partial charge is 0.350 e. The highest BCUT2D eigenvalue weighted by Gasteiger charge is 2.23. The Kier molecular flexibility index (Phi) is 6.99. The molecule has 3 aromatic rings. The van der Waals surface area contributed by atoms with Crippen molar-refractivity contribution in [1.29, 1.82) is 0 Å². The zero-order valence-corrected chi connectivity index (χ0v) is 18.0. The molecule has 0 aliphatic carbocycles. The minimum Gasteiger partial charge on any atom is -0.350 e. The summed E-state index contributed by atoms with van der Waals surface area (Å²) in [4.78, 5) is 28.5. The first-order chi connectivity index (χ1) is 15.2. The van der Waals surface area contributed by atoms with Gasteiger partial charge in [0.15, 0.2) is 5.82 Å². The standard InChI is InChI=1S/C25H29N5O/c1-19-22(17-27-24(29-19)21-12-9-13-26-16-21)25(31)28-18-23(20-10-5-4-6-11-20)30-14-7-2-3-8-15-30/h4-6,9-13,16-17,23H,2-3,7-8,14-15,18H2,1H3,(H,28,31). The first-order valence-electron chi connectivity index (χ1n) is 11.0. The number of likely N-dealkylation sites (tertiary alicyclic amines) is 1. The van der Waals surface area contributed by atoms with Crippen LogP contribution < -0.4 is 5.32 Å². The van der Waals surface area contributed by atoms with E-state index in [-0.39, 0.29) is 11.9 Å². The lowest BCUT2D eigenvalue weighted by Gasteiger charge is -2.31. The number of carbonyl (C=O) groups is 1. The van der Waals surface area contributed by atoms with Crippen molar-refractivity contribution in [3.63, 3.8) is 0 Å². The monoisotopic (exact) mass is 415 g/mol. The first-order valence-corrected chi connectivity index (χ1v) is 11.0. The van der Waals surface area contributed by atoms with E-state index >= 15 is 0 Å². The van der Waals surface area contributed by atoms with Gasteiger partial charge in [-0.1, -0.05) is 43.2 Å². The predicted octanol–water partition coefficient (Wildman–Crippen LogP) is 4.19. The number of aromatic nitrogens is 3. The van der Waals surface area contributed by atoms with Crippen molar-refractivity contribution >= 4 is 5.91 Å².